The molecule has 4 aromatic carbocycles. The van der Waals surface area contributed by atoms with Gasteiger partial charge in [0.05, 0.1) is 32.3 Å². The fraction of sp³-hybridized carbons (Fsp3) is 0.125. The molecule has 5 rings (SSSR count). The molecule has 0 radical (unpaired) electrons. The Labute approximate surface area is 242 Å². The van der Waals surface area contributed by atoms with E-state index in [0.29, 0.717) is 0 Å². The van der Waals surface area contributed by atoms with Crippen LogP contribution in [0.15, 0.2) is 94.1 Å². The summed E-state index contributed by atoms with van der Waals surface area (Å²) in [7, 11) is 4.13. The van der Waals surface area contributed by atoms with Crippen molar-refractivity contribution in [3.8, 4) is 45.6 Å². The minimum absolute atomic E-state index is 0.00716. The number of ether oxygens (including phenoxy) is 5. The zero-order valence-electron chi connectivity index (χ0n) is 23.0. The maximum atomic E-state index is 14.0. The summed E-state index contributed by atoms with van der Waals surface area (Å²) in [6.07, 6.45) is -5.07. The highest BCUT2D eigenvalue weighted by Crippen LogP contribution is 2.40. The van der Waals surface area contributed by atoms with E-state index in [1.54, 1.807) is 12.1 Å². The van der Waals surface area contributed by atoms with Crippen molar-refractivity contribution in [1.29, 1.82) is 0 Å². The summed E-state index contributed by atoms with van der Waals surface area (Å²) < 4.78 is 73.8. The first-order valence-electron chi connectivity index (χ1n) is 12.7. The van der Waals surface area contributed by atoms with Gasteiger partial charge in [0, 0.05) is 6.07 Å². The highest BCUT2D eigenvalue weighted by atomic mass is 19.4. The van der Waals surface area contributed by atoms with Crippen molar-refractivity contribution in [1.82, 2.24) is 0 Å². The SMILES string of the molecule is COc1cc(C(=O)Oc2ccc3c(=O)c(Oc4ccc(-c5ccccc5)cc4)c(C(F)(F)F)oc3c2)cc(OC)c1OC. The normalized spacial score (nSPS) is 11.2. The van der Waals surface area contributed by atoms with E-state index in [0.717, 1.165) is 17.2 Å². The summed E-state index contributed by atoms with van der Waals surface area (Å²) in [5.41, 5.74) is 0.205. The van der Waals surface area contributed by atoms with Crippen molar-refractivity contribution in [3.63, 3.8) is 0 Å². The zero-order valence-corrected chi connectivity index (χ0v) is 23.0. The molecule has 0 aliphatic rings. The van der Waals surface area contributed by atoms with Crippen LogP contribution in [0.4, 0.5) is 13.2 Å². The first-order valence-corrected chi connectivity index (χ1v) is 12.7. The molecule has 43 heavy (non-hydrogen) atoms. The number of halogens is 3. The molecule has 0 saturated heterocycles. The van der Waals surface area contributed by atoms with Gasteiger partial charge in [-0.1, -0.05) is 42.5 Å². The molecule has 5 aromatic rings. The highest BCUT2D eigenvalue weighted by molar-refractivity contribution is 5.93. The van der Waals surface area contributed by atoms with Crippen LogP contribution in [0.2, 0.25) is 0 Å². The third-order valence-electron chi connectivity index (χ3n) is 6.37. The molecule has 0 spiro atoms. The minimum atomic E-state index is -5.07. The molecule has 0 bridgehead atoms. The van der Waals surface area contributed by atoms with E-state index in [4.69, 9.17) is 28.1 Å². The number of alkyl halides is 3. The maximum absolute atomic E-state index is 14.0. The first-order chi connectivity index (χ1) is 20.6. The van der Waals surface area contributed by atoms with Gasteiger partial charge < -0.3 is 28.1 Å². The molecular formula is C32H23F3O8. The van der Waals surface area contributed by atoms with Crippen molar-refractivity contribution in [2.75, 3.05) is 21.3 Å². The fourth-order valence-corrected chi connectivity index (χ4v) is 4.33. The lowest BCUT2D eigenvalue weighted by molar-refractivity contribution is -0.154. The Kier molecular flexibility index (Phi) is 7.98. The van der Waals surface area contributed by atoms with Crippen LogP contribution >= 0.6 is 0 Å². The summed E-state index contributed by atoms with van der Waals surface area (Å²) in [6.45, 7) is 0. The average molecular weight is 593 g/mol. The molecule has 8 nitrogen and oxygen atoms in total. The standard InChI is InChI=1S/C32H23F3O8/c1-38-25-15-20(16-26(39-2)28(25)40-3)31(37)42-22-13-14-23-24(17-22)43-30(32(33,34)35)29(27(23)36)41-21-11-9-19(10-12-21)18-7-5-4-6-8-18/h4-17H,1-3H3. The summed E-state index contributed by atoms with van der Waals surface area (Å²) in [5.74, 6) is -3.07. The Balaban J connectivity index is 1.47. The highest BCUT2D eigenvalue weighted by Gasteiger charge is 2.40. The van der Waals surface area contributed by atoms with Gasteiger partial charge in [0.2, 0.25) is 16.9 Å². The van der Waals surface area contributed by atoms with E-state index >= 15 is 0 Å². The van der Waals surface area contributed by atoms with Gasteiger partial charge >= 0.3 is 12.1 Å². The second-order valence-electron chi connectivity index (χ2n) is 9.04. The number of carbonyl (C=O) groups excluding carboxylic acids is 1. The molecule has 0 fully saturated rings. The van der Waals surface area contributed by atoms with E-state index in [2.05, 4.69) is 0 Å². The summed E-state index contributed by atoms with van der Waals surface area (Å²) in [5, 5.41) is -0.212. The quantitative estimate of drug-likeness (QED) is 0.135. The predicted octanol–water partition coefficient (Wildman–Crippen LogP) is 7.52. The van der Waals surface area contributed by atoms with Crippen LogP contribution in [0.1, 0.15) is 16.1 Å². The summed E-state index contributed by atoms with van der Waals surface area (Å²) in [4.78, 5) is 26.1. The molecule has 11 heteroatoms. The molecule has 0 saturated carbocycles. The molecule has 220 valence electrons. The number of rotatable bonds is 8. The van der Waals surface area contributed by atoms with Crippen molar-refractivity contribution in [2.24, 2.45) is 0 Å². The van der Waals surface area contributed by atoms with Crippen molar-refractivity contribution >= 4 is 16.9 Å². The Morgan fingerprint density at radius 2 is 1.33 bits per heavy atom. The van der Waals surface area contributed by atoms with Gasteiger partial charge in [-0.3, -0.25) is 4.79 Å². The Morgan fingerprint density at radius 3 is 1.91 bits per heavy atom. The lowest BCUT2D eigenvalue weighted by atomic mass is 10.1. The smallest absolute Gasteiger partial charge is 0.453 e. The van der Waals surface area contributed by atoms with Gasteiger partial charge in [0.1, 0.15) is 17.1 Å². The molecular weight excluding hydrogens is 569 g/mol. The van der Waals surface area contributed by atoms with Crippen LogP contribution in [0.25, 0.3) is 22.1 Å². The molecule has 1 aromatic heterocycles. The number of benzene rings is 4. The third-order valence-corrected chi connectivity index (χ3v) is 6.37. The van der Waals surface area contributed by atoms with E-state index in [9.17, 15) is 22.8 Å². The molecule has 0 amide bonds. The second-order valence-corrected chi connectivity index (χ2v) is 9.04. The lowest BCUT2D eigenvalue weighted by Crippen LogP contribution is -2.15. The van der Waals surface area contributed by atoms with Crippen LogP contribution in [-0.2, 0) is 6.18 Å². The lowest BCUT2D eigenvalue weighted by Gasteiger charge is -2.15. The van der Waals surface area contributed by atoms with Gasteiger partial charge in [-0.25, -0.2) is 4.79 Å². The predicted molar refractivity (Wildman–Crippen MR) is 150 cm³/mol. The Hall–Kier alpha value is -5.45. The largest absolute Gasteiger partial charge is 0.493 e. The Bertz CT molecular complexity index is 1820. The van der Waals surface area contributed by atoms with E-state index < -0.39 is 34.7 Å². The summed E-state index contributed by atoms with van der Waals surface area (Å²) in [6, 6.07) is 21.7. The molecule has 0 aliphatic heterocycles. The van der Waals surface area contributed by atoms with Crippen LogP contribution in [0.5, 0.6) is 34.5 Å². The molecule has 0 N–H and O–H groups in total. The van der Waals surface area contributed by atoms with Crippen molar-refractivity contribution < 1.29 is 46.1 Å². The second kappa shape index (κ2) is 11.8. The summed E-state index contributed by atoms with van der Waals surface area (Å²) >= 11 is 0. The van der Waals surface area contributed by atoms with Crippen LogP contribution in [0, 0.1) is 0 Å². The number of esters is 1. The monoisotopic (exact) mass is 592 g/mol. The molecule has 0 aliphatic carbocycles. The zero-order chi connectivity index (χ0) is 30.7. The number of methoxy groups -OCH3 is 3. The number of fused-ring (bicyclic) bond motifs is 1. The topological polar surface area (TPSA) is 93.4 Å². The van der Waals surface area contributed by atoms with Crippen molar-refractivity contribution in [3.05, 3.63) is 106 Å². The molecule has 0 unspecified atom stereocenters. The van der Waals surface area contributed by atoms with Gasteiger partial charge in [-0.15, -0.1) is 0 Å². The number of hydrogen-bond donors (Lipinski definition) is 0. The van der Waals surface area contributed by atoms with Gasteiger partial charge in [0.25, 0.3) is 5.76 Å². The maximum Gasteiger partial charge on any atom is 0.453 e. The van der Waals surface area contributed by atoms with Gasteiger partial charge in [0.15, 0.2) is 11.5 Å². The average Bonchev–Trinajstić information content (AvgIpc) is 3.01. The van der Waals surface area contributed by atoms with E-state index in [1.807, 2.05) is 30.3 Å². The minimum Gasteiger partial charge on any atom is -0.493 e. The molecule has 0 atom stereocenters. The van der Waals surface area contributed by atoms with Gasteiger partial charge in [-0.05, 0) is 47.5 Å². The van der Waals surface area contributed by atoms with Gasteiger partial charge in [-0.2, -0.15) is 13.2 Å². The van der Waals surface area contributed by atoms with Crippen LogP contribution < -0.4 is 29.1 Å². The number of carbonyl (C=O) groups is 1. The van der Waals surface area contributed by atoms with E-state index in [-0.39, 0.29) is 39.7 Å². The first kappa shape index (κ1) is 29.1. The van der Waals surface area contributed by atoms with Crippen LogP contribution in [-0.4, -0.2) is 27.3 Å². The number of hydrogen-bond acceptors (Lipinski definition) is 8. The van der Waals surface area contributed by atoms with E-state index in [1.165, 1.54) is 57.7 Å². The Morgan fingerprint density at radius 1 is 0.721 bits per heavy atom. The third kappa shape index (κ3) is 5.96. The van der Waals surface area contributed by atoms with Crippen molar-refractivity contribution in [2.45, 2.75) is 6.18 Å². The van der Waals surface area contributed by atoms with Crippen LogP contribution in [0.3, 0.4) is 0 Å². The molecule has 1 heterocycles. The fourth-order valence-electron chi connectivity index (χ4n) is 4.33.